The van der Waals surface area contributed by atoms with Crippen LogP contribution >= 0.6 is 0 Å². The van der Waals surface area contributed by atoms with E-state index in [-0.39, 0.29) is 5.82 Å². The van der Waals surface area contributed by atoms with Gasteiger partial charge in [0.25, 0.3) is 0 Å². The molecule has 1 fully saturated rings. The molecule has 0 atom stereocenters. The number of halogens is 1. The van der Waals surface area contributed by atoms with E-state index < -0.39 is 10.0 Å². The van der Waals surface area contributed by atoms with E-state index in [9.17, 15) is 12.8 Å². The maximum Gasteiger partial charge on any atom is 0.243 e. The largest absolute Gasteiger partial charge is 0.369 e. The van der Waals surface area contributed by atoms with Crippen LogP contribution in [0.1, 0.15) is 0 Å². The molecule has 0 aliphatic carbocycles. The summed E-state index contributed by atoms with van der Waals surface area (Å²) in [6, 6.07) is 13.6. The normalized spacial score (nSPS) is 16.3. The molecule has 1 aliphatic rings. The summed E-state index contributed by atoms with van der Waals surface area (Å²) < 4.78 is 42.8. The van der Waals surface area contributed by atoms with Crippen molar-refractivity contribution in [2.45, 2.75) is 4.90 Å². The Morgan fingerprint density at radius 3 is 2.46 bits per heavy atom. The predicted molar refractivity (Wildman–Crippen MR) is 100 cm³/mol. The molecule has 26 heavy (non-hydrogen) atoms. The lowest BCUT2D eigenvalue weighted by Gasteiger charge is -2.35. The van der Waals surface area contributed by atoms with Crippen molar-refractivity contribution >= 4 is 26.6 Å². The molecule has 7 heteroatoms. The zero-order valence-corrected chi connectivity index (χ0v) is 15.3. The van der Waals surface area contributed by atoms with E-state index in [1.165, 1.54) is 16.4 Å². The number of piperazine rings is 1. The summed E-state index contributed by atoms with van der Waals surface area (Å²) in [5.74, 6) is -0.284. The number of hydrogen-bond acceptors (Lipinski definition) is 3. The van der Waals surface area contributed by atoms with Gasteiger partial charge in [0, 0.05) is 50.6 Å². The average Bonchev–Trinajstić information content (AvgIpc) is 3.02. The monoisotopic (exact) mass is 373 g/mol. The topological polar surface area (TPSA) is 45.6 Å². The van der Waals surface area contributed by atoms with Crippen LogP contribution in [0.25, 0.3) is 10.9 Å². The molecule has 2 aromatic carbocycles. The van der Waals surface area contributed by atoms with Crippen LogP contribution in [0.3, 0.4) is 0 Å². The minimum Gasteiger partial charge on any atom is -0.369 e. The molecule has 3 aromatic rings. The number of aromatic nitrogens is 1. The van der Waals surface area contributed by atoms with Crippen molar-refractivity contribution in [3.63, 3.8) is 0 Å². The van der Waals surface area contributed by atoms with Gasteiger partial charge in [-0.25, -0.2) is 12.8 Å². The fraction of sp³-hybridized carbons (Fsp3) is 0.263. The zero-order chi connectivity index (χ0) is 18.3. The SMILES string of the molecule is Cn1ccc2ccc(S(=O)(=O)N3CCN(c4cccc(F)c4)CC3)cc21. The summed E-state index contributed by atoms with van der Waals surface area (Å²) in [7, 11) is -1.64. The molecular formula is C19H20FN3O2S. The van der Waals surface area contributed by atoms with E-state index in [1.807, 2.05) is 40.9 Å². The maximum absolute atomic E-state index is 13.4. The second kappa shape index (κ2) is 6.41. The Bertz CT molecular complexity index is 1050. The second-order valence-electron chi connectivity index (χ2n) is 6.52. The van der Waals surface area contributed by atoms with E-state index >= 15 is 0 Å². The summed E-state index contributed by atoms with van der Waals surface area (Å²) in [6.45, 7) is 1.83. The van der Waals surface area contributed by atoms with Crippen LogP contribution in [0.2, 0.25) is 0 Å². The van der Waals surface area contributed by atoms with Crippen molar-refractivity contribution < 1.29 is 12.8 Å². The predicted octanol–water partition coefficient (Wildman–Crippen LogP) is 2.83. The molecule has 5 nitrogen and oxygen atoms in total. The van der Waals surface area contributed by atoms with Crippen molar-refractivity contribution in [3.8, 4) is 0 Å². The van der Waals surface area contributed by atoms with Crippen LogP contribution in [0.5, 0.6) is 0 Å². The van der Waals surface area contributed by atoms with E-state index in [0.717, 1.165) is 16.6 Å². The number of fused-ring (bicyclic) bond motifs is 1. The lowest BCUT2D eigenvalue weighted by Crippen LogP contribution is -2.48. The van der Waals surface area contributed by atoms with Gasteiger partial charge in [0.15, 0.2) is 0 Å². The Kier molecular flexibility index (Phi) is 4.20. The summed E-state index contributed by atoms with van der Waals surface area (Å²) >= 11 is 0. The van der Waals surface area contributed by atoms with Gasteiger partial charge in [-0.15, -0.1) is 0 Å². The summed E-state index contributed by atoms with van der Waals surface area (Å²) in [4.78, 5) is 2.32. The first-order valence-electron chi connectivity index (χ1n) is 8.51. The number of nitrogens with zero attached hydrogens (tertiary/aromatic N) is 3. The molecule has 2 heterocycles. The fourth-order valence-electron chi connectivity index (χ4n) is 3.41. The average molecular weight is 373 g/mol. The van der Waals surface area contributed by atoms with Gasteiger partial charge in [0.05, 0.1) is 4.90 Å². The lowest BCUT2D eigenvalue weighted by atomic mass is 10.2. The van der Waals surface area contributed by atoms with E-state index in [0.29, 0.717) is 31.1 Å². The third kappa shape index (κ3) is 2.97. The first-order valence-corrected chi connectivity index (χ1v) is 9.95. The van der Waals surface area contributed by atoms with Gasteiger partial charge >= 0.3 is 0 Å². The molecular weight excluding hydrogens is 353 g/mol. The number of benzene rings is 2. The van der Waals surface area contributed by atoms with Crippen molar-refractivity contribution in [1.29, 1.82) is 0 Å². The summed E-state index contributed by atoms with van der Waals surface area (Å²) in [5.41, 5.74) is 1.68. The number of rotatable bonds is 3. The molecule has 1 aliphatic heterocycles. The fourth-order valence-corrected chi connectivity index (χ4v) is 4.85. The van der Waals surface area contributed by atoms with Crippen LogP contribution in [-0.4, -0.2) is 43.5 Å². The molecule has 0 unspecified atom stereocenters. The number of hydrogen-bond donors (Lipinski definition) is 0. The van der Waals surface area contributed by atoms with Crippen LogP contribution in [0.15, 0.2) is 59.6 Å². The van der Waals surface area contributed by atoms with E-state index in [1.54, 1.807) is 18.2 Å². The van der Waals surface area contributed by atoms with Gasteiger partial charge < -0.3 is 9.47 Å². The van der Waals surface area contributed by atoms with Crippen molar-refractivity contribution in [3.05, 3.63) is 60.5 Å². The quantitative estimate of drug-likeness (QED) is 0.709. The van der Waals surface area contributed by atoms with Gasteiger partial charge in [0.1, 0.15) is 5.82 Å². The molecule has 0 N–H and O–H groups in total. The molecule has 1 aromatic heterocycles. The highest BCUT2D eigenvalue weighted by molar-refractivity contribution is 7.89. The zero-order valence-electron chi connectivity index (χ0n) is 14.5. The Morgan fingerprint density at radius 2 is 1.73 bits per heavy atom. The van der Waals surface area contributed by atoms with Crippen LogP contribution in [-0.2, 0) is 17.1 Å². The van der Waals surface area contributed by atoms with Crippen molar-refractivity contribution in [2.24, 2.45) is 7.05 Å². The first kappa shape index (κ1) is 17.1. The van der Waals surface area contributed by atoms with Gasteiger partial charge in [-0.2, -0.15) is 4.31 Å². The van der Waals surface area contributed by atoms with E-state index in [4.69, 9.17) is 0 Å². The molecule has 136 valence electrons. The van der Waals surface area contributed by atoms with Crippen molar-refractivity contribution in [1.82, 2.24) is 8.87 Å². The maximum atomic E-state index is 13.4. The second-order valence-corrected chi connectivity index (χ2v) is 8.46. The van der Waals surface area contributed by atoms with Gasteiger partial charge in [-0.1, -0.05) is 12.1 Å². The first-order chi connectivity index (χ1) is 12.4. The number of anilines is 1. The van der Waals surface area contributed by atoms with Gasteiger partial charge in [-0.3, -0.25) is 0 Å². The highest BCUT2D eigenvalue weighted by Crippen LogP contribution is 2.24. The third-order valence-corrected chi connectivity index (χ3v) is 6.80. The lowest BCUT2D eigenvalue weighted by molar-refractivity contribution is 0.384. The molecule has 0 bridgehead atoms. The van der Waals surface area contributed by atoms with Crippen molar-refractivity contribution in [2.75, 3.05) is 31.1 Å². The summed E-state index contributed by atoms with van der Waals surface area (Å²) in [5, 5.41) is 1.02. The smallest absolute Gasteiger partial charge is 0.243 e. The van der Waals surface area contributed by atoms with Crippen LogP contribution < -0.4 is 4.90 Å². The minimum absolute atomic E-state index is 0.284. The highest BCUT2D eigenvalue weighted by Gasteiger charge is 2.29. The molecule has 4 rings (SSSR count). The Labute approximate surface area is 152 Å². The van der Waals surface area contributed by atoms with E-state index in [2.05, 4.69) is 0 Å². The molecule has 1 saturated heterocycles. The third-order valence-electron chi connectivity index (χ3n) is 4.91. The molecule has 0 saturated carbocycles. The standard InChI is InChI=1S/C19H20FN3O2S/c1-21-8-7-15-5-6-18(14-19(15)21)26(24,25)23-11-9-22(10-12-23)17-4-2-3-16(20)13-17/h2-8,13-14H,9-12H2,1H3. The Balaban J connectivity index is 1.54. The molecule has 0 spiro atoms. The Morgan fingerprint density at radius 1 is 0.962 bits per heavy atom. The molecule has 0 amide bonds. The summed E-state index contributed by atoms with van der Waals surface area (Å²) in [6.07, 6.45) is 1.92. The van der Waals surface area contributed by atoms with Gasteiger partial charge in [0.2, 0.25) is 10.0 Å². The van der Waals surface area contributed by atoms with Crippen LogP contribution in [0.4, 0.5) is 10.1 Å². The minimum atomic E-state index is -3.54. The highest BCUT2D eigenvalue weighted by atomic mass is 32.2. The number of sulfonamides is 1. The van der Waals surface area contributed by atoms with Crippen LogP contribution in [0, 0.1) is 5.82 Å². The molecule has 0 radical (unpaired) electrons. The number of aryl methyl sites for hydroxylation is 1. The van der Waals surface area contributed by atoms with Gasteiger partial charge in [-0.05, 0) is 41.8 Å². The Hall–Kier alpha value is -2.38.